The molecule has 2 N–H and O–H groups in total. The van der Waals surface area contributed by atoms with E-state index in [4.69, 9.17) is 18.9 Å². The fraction of sp³-hybridized carbons (Fsp3) is 0.250. The molecule has 0 fully saturated rings. The minimum atomic E-state index is 0.390. The number of benzene rings is 2. The maximum atomic E-state index is 5.67. The molecule has 0 aliphatic rings. The number of nitrogens with zero attached hydrogens (tertiary/aromatic N) is 3. The van der Waals surface area contributed by atoms with E-state index in [1.54, 1.807) is 27.4 Å². The van der Waals surface area contributed by atoms with Crippen molar-refractivity contribution in [2.75, 3.05) is 45.1 Å². The van der Waals surface area contributed by atoms with E-state index in [2.05, 4.69) is 25.8 Å². The van der Waals surface area contributed by atoms with E-state index < -0.39 is 0 Å². The molecule has 29 heavy (non-hydrogen) atoms. The SMILES string of the molecule is COc1ccc(OCCNc2nncc(Nc3ccc(OC)cc3OC)n2)cc1. The van der Waals surface area contributed by atoms with Crippen LogP contribution in [-0.2, 0) is 0 Å². The molecule has 0 atom stereocenters. The van der Waals surface area contributed by atoms with E-state index in [1.807, 2.05) is 36.4 Å². The number of anilines is 3. The van der Waals surface area contributed by atoms with Crippen molar-refractivity contribution in [2.45, 2.75) is 0 Å². The highest BCUT2D eigenvalue weighted by Gasteiger charge is 2.07. The molecule has 3 rings (SSSR count). The van der Waals surface area contributed by atoms with E-state index in [1.165, 1.54) is 6.20 Å². The summed E-state index contributed by atoms with van der Waals surface area (Å²) < 4.78 is 21.4. The van der Waals surface area contributed by atoms with E-state index in [-0.39, 0.29) is 0 Å². The molecule has 0 aliphatic heterocycles. The van der Waals surface area contributed by atoms with Crippen molar-refractivity contribution in [3.05, 3.63) is 48.7 Å². The van der Waals surface area contributed by atoms with Gasteiger partial charge < -0.3 is 29.6 Å². The first-order chi connectivity index (χ1) is 14.2. The second kappa shape index (κ2) is 9.98. The molecule has 2 aromatic carbocycles. The van der Waals surface area contributed by atoms with Gasteiger partial charge in [-0.05, 0) is 36.4 Å². The zero-order chi connectivity index (χ0) is 20.5. The van der Waals surface area contributed by atoms with Crippen molar-refractivity contribution in [1.29, 1.82) is 0 Å². The standard InChI is InChI=1S/C20H23N5O4/c1-26-14-4-6-15(7-5-14)29-11-10-21-20-24-19(13-22-25-20)23-17-9-8-16(27-2)12-18(17)28-3/h4-9,12-13H,10-11H2,1-3H3,(H2,21,23,24,25). The van der Waals surface area contributed by atoms with Crippen molar-refractivity contribution >= 4 is 17.5 Å². The van der Waals surface area contributed by atoms with Crippen LogP contribution in [0.5, 0.6) is 23.0 Å². The summed E-state index contributed by atoms with van der Waals surface area (Å²) in [5, 5.41) is 14.2. The highest BCUT2D eigenvalue weighted by molar-refractivity contribution is 5.65. The fourth-order valence-electron chi connectivity index (χ4n) is 2.48. The van der Waals surface area contributed by atoms with Crippen LogP contribution in [0.15, 0.2) is 48.7 Å². The predicted molar refractivity (Wildman–Crippen MR) is 110 cm³/mol. The molecule has 3 aromatic rings. The van der Waals surface area contributed by atoms with Crippen LogP contribution in [0, 0.1) is 0 Å². The molecular formula is C20H23N5O4. The van der Waals surface area contributed by atoms with Gasteiger partial charge in [0.15, 0.2) is 5.82 Å². The molecule has 9 heteroatoms. The lowest BCUT2D eigenvalue weighted by Gasteiger charge is -2.12. The van der Waals surface area contributed by atoms with Crippen molar-refractivity contribution in [2.24, 2.45) is 0 Å². The molecule has 0 spiro atoms. The van der Waals surface area contributed by atoms with Crippen LogP contribution in [0.1, 0.15) is 0 Å². The lowest BCUT2D eigenvalue weighted by atomic mass is 10.2. The van der Waals surface area contributed by atoms with Gasteiger partial charge in [0.1, 0.15) is 29.6 Å². The maximum absolute atomic E-state index is 5.67. The van der Waals surface area contributed by atoms with Gasteiger partial charge in [-0.2, -0.15) is 10.1 Å². The Morgan fingerprint density at radius 2 is 1.59 bits per heavy atom. The van der Waals surface area contributed by atoms with Crippen molar-refractivity contribution in [3.8, 4) is 23.0 Å². The molecule has 0 radical (unpaired) electrons. The Morgan fingerprint density at radius 1 is 0.862 bits per heavy atom. The monoisotopic (exact) mass is 397 g/mol. The van der Waals surface area contributed by atoms with Crippen LogP contribution >= 0.6 is 0 Å². The van der Waals surface area contributed by atoms with E-state index >= 15 is 0 Å². The maximum Gasteiger partial charge on any atom is 0.244 e. The Kier molecular flexibility index (Phi) is 6.88. The third kappa shape index (κ3) is 5.61. The molecule has 1 aromatic heterocycles. The van der Waals surface area contributed by atoms with Crippen molar-refractivity contribution in [1.82, 2.24) is 15.2 Å². The predicted octanol–water partition coefficient (Wildman–Crippen LogP) is 3.13. The summed E-state index contributed by atoms with van der Waals surface area (Å²) in [5.74, 6) is 3.79. The Bertz CT molecular complexity index is 921. The molecule has 0 amide bonds. The number of hydrogen-bond donors (Lipinski definition) is 2. The first-order valence-corrected chi connectivity index (χ1v) is 8.91. The van der Waals surface area contributed by atoms with Gasteiger partial charge in [0, 0.05) is 6.07 Å². The first-order valence-electron chi connectivity index (χ1n) is 8.91. The fourth-order valence-corrected chi connectivity index (χ4v) is 2.48. The zero-order valence-corrected chi connectivity index (χ0v) is 16.5. The minimum Gasteiger partial charge on any atom is -0.497 e. The molecule has 0 bridgehead atoms. The normalized spacial score (nSPS) is 10.2. The van der Waals surface area contributed by atoms with Crippen LogP contribution in [0.25, 0.3) is 0 Å². The number of aromatic nitrogens is 3. The average molecular weight is 397 g/mol. The van der Waals surface area contributed by atoms with Crippen LogP contribution in [0.2, 0.25) is 0 Å². The molecule has 0 saturated carbocycles. The molecular weight excluding hydrogens is 374 g/mol. The smallest absolute Gasteiger partial charge is 0.244 e. The van der Waals surface area contributed by atoms with E-state index in [0.29, 0.717) is 36.4 Å². The second-order valence-electron chi connectivity index (χ2n) is 5.81. The average Bonchev–Trinajstić information content (AvgIpc) is 2.77. The van der Waals surface area contributed by atoms with Gasteiger partial charge in [-0.1, -0.05) is 0 Å². The Morgan fingerprint density at radius 3 is 2.31 bits per heavy atom. The summed E-state index contributed by atoms with van der Waals surface area (Å²) in [6, 6.07) is 12.8. The number of ether oxygens (including phenoxy) is 4. The topological polar surface area (TPSA) is 99.7 Å². The number of methoxy groups -OCH3 is 3. The van der Waals surface area contributed by atoms with Crippen LogP contribution in [-0.4, -0.2) is 49.7 Å². The van der Waals surface area contributed by atoms with Crippen LogP contribution < -0.4 is 29.6 Å². The first kappa shape index (κ1) is 20.0. The third-order valence-electron chi connectivity index (χ3n) is 3.94. The molecule has 9 nitrogen and oxygen atoms in total. The van der Waals surface area contributed by atoms with Crippen molar-refractivity contribution in [3.63, 3.8) is 0 Å². The summed E-state index contributed by atoms with van der Waals surface area (Å²) in [6.07, 6.45) is 1.53. The lowest BCUT2D eigenvalue weighted by molar-refractivity contribution is 0.331. The zero-order valence-electron chi connectivity index (χ0n) is 16.5. The molecule has 0 saturated heterocycles. The van der Waals surface area contributed by atoms with Gasteiger partial charge in [0.2, 0.25) is 5.95 Å². The molecule has 0 aliphatic carbocycles. The van der Waals surface area contributed by atoms with Gasteiger partial charge in [-0.15, -0.1) is 5.10 Å². The highest BCUT2D eigenvalue weighted by atomic mass is 16.5. The quantitative estimate of drug-likeness (QED) is 0.500. The van der Waals surface area contributed by atoms with E-state index in [0.717, 1.165) is 17.2 Å². The largest absolute Gasteiger partial charge is 0.497 e. The Labute approximate surface area is 169 Å². The van der Waals surface area contributed by atoms with Gasteiger partial charge >= 0.3 is 0 Å². The van der Waals surface area contributed by atoms with E-state index in [9.17, 15) is 0 Å². The summed E-state index contributed by atoms with van der Waals surface area (Å²) in [7, 11) is 4.82. The number of nitrogens with one attached hydrogen (secondary N) is 2. The number of hydrogen-bond acceptors (Lipinski definition) is 9. The molecule has 1 heterocycles. The highest BCUT2D eigenvalue weighted by Crippen LogP contribution is 2.30. The Hall–Kier alpha value is -3.75. The molecule has 152 valence electrons. The van der Waals surface area contributed by atoms with Crippen LogP contribution in [0.3, 0.4) is 0 Å². The third-order valence-corrected chi connectivity index (χ3v) is 3.94. The molecule has 0 unspecified atom stereocenters. The van der Waals surface area contributed by atoms with Crippen LogP contribution in [0.4, 0.5) is 17.5 Å². The summed E-state index contributed by atoms with van der Waals surface area (Å²) in [4.78, 5) is 4.40. The minimum absolute atomic E-state index is 0.390. The van der Waals surface area contributed by atoms with Gasteiger partial charge in [0.05, 0.1) is 39.8 Å². The summed E-state index contributed by atoms with van der Waals surface area (Å²) in [5.41, 5.74) is 0.739. The van der Waals surface area contributed by atoms with Gasteiger partial charge in [-0.25, -0.2) is 0 Å². The summed E-state index contributed by atoms with van der Waals surface area (Å²) in [6.45, 7) is 0.961. The Balaban J connectivity index is 1.54. The van der Waals surface area contributed by atoms with Crippen molar-refractivity contribution < 1.29 is 18.9 Å². The lowest BCUT2D eigenvalue weighted by Crippen LogP contribution is -2.14. The van der Waals surface area contributed by atoms with Gasteiger partial charge in [-0.3, -0.25) is 0 Å². The van der Waals surface area contributed by atoms with Gasteiger partial charge in [0.25, 0.3) is 0 Å². The number of rotatable bonds is 10. The summed E-state index contributed by atoms with van der Waals surface area (Å²) >= 11 is 0. The second-order valence-corrected chi connectivity index (χ2v) is 5.81.